The van der Waals surface area contributed by atoms with E-state index in [-0.39, 0.29) is 11.8 Å². The average Bonchev–Trinajstić information content (AvgIpc) is 3.20. The lowest BCUT2D eigenvalue weighted by atomic mass is 9.91. The van der Waals surface area contributed by atoms with E-state index in [1.165, 1.54) is 0 Å². The summed E-state index contributed by atoms with van der Waals surface area (Å²) in [6.07, 6.45) is 6.56. The van der Waals surface area contributed by atoms with Crippen LogP contribution in [0.4, 0.5) is 5.69 Å². The smallest absolute Gasteiger partial charge is 0.258 e. The minimum Gasteiger partial charge on any atom is -0.343 e. The number of anilines is 1. The molecule has 35 heavy (non-hydrogen) atoms. The van der Waals surface area contributed by atoms with Gasteiger partial charge in [-0.3, -0.25) is 4.79 Å². The minimum atomic E-state index is -0.0960. The van der Waals surface area contributed by atoms with E-state index in [4.69, 9.17) is 0 Å². The summed E-state index contributed by atoms with van der Waals surface area (Å²) in [6.45, 7) is 21.4. The van der Waals surface area contributed by atoms with Gasteiger partial charge in [0.25, 0.3) is 5.91 Å². The Morgan fingerprint density at radius 3 is 2.20 bits per heavy atom. The molecule has 0 fully saturated rings. The summed E-state index contributed by atoms with van der Waals surface area (Å²) in [6, 6.07) is 17.9. The molecule has 0 radical (unpaired) electrons. The Hall–Kier alpha value is -3.59. The maximum absolute atomic E-state index is 13.9. The van der Waals surface area contributed by atoms with Gasteiger partial charge in [0, 0.05) is 23.5 Å². The topological polar surface area (TPSA) is 34.0 Å². The number of hydrogen-bond donors (Lipinski definition) is 1. The molecule has 0 bridgehead atoms. The third kappa shape index (κ3) is 6.10. The predicted octanol–water partition coefficient (Wildman–Crippen LogP) is 9.03. The molecule has 3 aromatic rings. The monoisotopic (exact) mass is 468 g/mol. The van der Waals surface area contributed by atoms with E-state index in [1.54, 1.807) is 6.08 Å². The molecule has 3 rings (SSSR count). The van der Waals surface area contributed by atoms with Crippen molar-refractivity contribution in [1.82, 2.24) is 4.57 Å². The van der Waals surface area contributed by atoms with Crippen LogP contribution in [-0.2, 0) is 6.54 Å². The summed E-state index contributed by atoms with van der Waals surface area (Å²) in [5.41, 5.74) is 7.65. The van der Waals surface area contributed by atoms with Crippen molar-refractivity contribution >= 4 is 17.2 Å². The lowest BCUT2D eigenvalue weighted by Gasteiger charge is -2.17. The van der Waals surface area contributed by atoms with Gasteiger partial charge in [0.2, 0.25) is 0 Å². The number of nitrogens with one attached hydrogen (secondary N) is 1. The van der Waals surface area contributed by atoms with Gasteiger partial charge in [-0.2, -0.15) is 0 Å². The standard InChI is InChI=1S/C30H34N2O.C2H6/c1-7-15-23(9-3)29-26(25-19-14-13-16-22(25)6)27(28(21(4)5)32(29)20-8-2)30(33)31-24-17-11-10-12-18-24;1-2/h7,9-19,21H,1,3,8,20H2,2,4-6H3,(H,31,33);1-2H3/b23-15+;. The molecule has 1 amide bonds. The zero-order chi connectivity index (χ0) is 26.0. The Balaban J connectivity index is 0.00000210. The number of hydrogen-bond acceptors (Lipinski definition) is 1. The second kappa shape index (κ2) is 13.3. The van der Waals surface area contributed by atoms with E-state index in [1.807, 2.05) is 68.5 Å². The summed E-state index contributed by atoms with van der Waals surface area (Å²) < 4.78 is 2.31. The summed E-state index contributed by atoms with van der Waals surface area (Å²) >= 11 is 0. The SMILES string of the molecule is C=C/C=C(\C=C)c1c(-c2ccccc2C)c(C(=O)Nc2ccccc2)c(C(C)C)n1CCC.CC. The van der Waals surface area contributed by atoms with Crippen molar-refractivity contribution in [1.29, 1.82) is 0 Å². The summed E-state index contributed by atoms with van der Waals surface area (Å²) in [4.78, 5) is 13.9. The third-order valence-electron chi connectivity index (χ3n) is 5.76. The van der Waals surface area contributed by atoms with Gasteiger partial charge in [-0.1, -0.05) is 108 Å². The zero-order valence-corrected chi connectivity index (χ0v) is 22.2. The van der Waals surface area contributed by atoms with Crippen LogP contribution in [-0.4, -0.2) is 10.5 Å². The van der Waals surface area contributed by atoms with Gasteiger partial charge in [0.05, 0.1) is 11.3 Å². The van der Waals surface area contributed by atoms with Gasteiger partial charge >= 0.3 is 0 Å². The number of carbonyl (C=O) groups is 1. The summed E-state index contributed by atoms with van der Waals surface area (Å²) in [7, 11) is 0. The number of aryl methyl sites for hydroxylation is 1. The van der Waals surface area contributed by atoms with Gasteiger partial charge in [-0.05, 0) is 48.1 Å². The van der Waals surface area contributed by atoms with Crippen LogP contribution < -0.4 is 5.32 Å². The number of nitrogens with zero attached hydrogens (tertiary/aromatic N) is 1. The first-order valence-electron chi connectivity index (χ1n) is 12.6. The highest BCUT2D eigenvalue weighted by atomic mass is 16.1. The molecule has 2 aromatic carbocycles. The van der Waals surface area contributed by atoms with Crippen molar-refractivity contribution in [3.05, 3.63) is 108 Å². The van der Waals surface area contributed by atoms with E-state index in [0.717, 1.165) is 57.9 Å². The van der Waals surface area contributed by atoms with Gasteiger partial charge in [-0.25, -0.2) is 0 Å². The van der Waals surface area contributed by atoms with E-state index >= 15 is 0 Å². The van der Waals surface area contributed by atoms with Gasteiger partial charge in [0.15, 0.2) is 0 Å². The Labute approximate surface area is 211 Å². The summed E-state index contributed by atoms with van der Waals surface area (Å²) in [5.74, 6) is 0.0562. The van der Waals surface area contributed by atoms with Crippen LogP contribution in [0, 0.1) is 6.92 Å². The molecule has 1 N–H and O–H groups in total. The molecular weight excluding hydrogens is 428 g/mol. The molecular formula is C32H40N2O. The highest BCUT2D eigenvalue weighted by Crippen LogP contribution is 2.41. The molecule has 0 aliphatic carbocycles. The maximum atomic E-state index is 13.9. The normalized spacial score (nSPS) is 11.0. The van der Waals surface area contributed by atoms with Crippen molar-refractivity contribution in [2.45, 2.75) is 60.4 Å². The van der Waals surface area contributed by atoms with Gasteiger partial charge in [0.1, 0.15) is 0 Å². The lowest BCUT2D eigenvalue weighted by molar-refractivity contribution is 0.102. The molecule has 0 saturated carbocycles. The van der Waals surface area contributed by atoms with E-state index in [2.05, 4.69) is 62.9 Å². The fourth-order valence-corrected chi connectivity index (χ4v) is 4.42. The van der Waals surface area contributed by atoms with Crippen molar-refractivity contribution in [3.8, 4) is 11.1 Å². The van der Waals surface area contributed by atoms with Crippen LogP contribution in [0.5, 0.6) is 0 Å². The van der Waals surface area contributed by atoms with Gasteiger partial charge < -0.3 is 9.88 Å². The number of allylic oxidation sites excluding steroid dienone is 4. The first kappa shape index (κ1) is 27.7. The van der Waals surface area contributed by atoms with Crippen LogP contribution in [0.2, 0.25) is 0 Å². The second-order valence-corrected chi connectivity index (χ2v) is 8.49. The first-order chi connectivity index (χ1) is 16.9. The number of aromatic nitrogens is 1. The van der Waals surface area contributed by atoms with Crippen LogP contribution in [0.3, 0.4) is 0 Å². The highest BCUT2D eigenvalue weighted by molar-refractivity contribution is 6.12. The summed E-state index contributed by atoms with van der Waals surface area (Å²) in [5, 5.41) is 3.14. The molecule has 0 aliphatic heterocycles. The molecule has 0 atom stereocenters. The van der Waals surface area contributed by atoms with Crippen molar-refractivity contribution in [2.24, 2.45) is 0 Å². The molecule has 1 heterocycles. The number of amides is 1. The molecule has 0 aliphatic rings. The van der Waals surface area contributed by atoms with E-state index < -0.39 is 0 Å². The Morgan fingerprint density at radius 2 is 1.66 bits per heavy atom. The van der Waals surface area contributed by atoms with Crippen LogP contribution in [0.15, 0.2) is 86.0 Å². The van der Waals surface area contributed by atoms with Crippen LogP contribution in [0.25, 0.3) is 16.7 Å². The molecule has 3 heteroatoms. The third-order valence-corrected chi connectivity index (χ3v) is 5.76. The minimum absolute atomic E-state index is 0.0960. The molecule has 3 nitrogen and oxygen atoms in total. The number of carbonyl (C=O) groups excluding carboxylic acids is 1. The second-order valence-electron chi connectivity index (χ2n) is 8.49. The zero-order valence-electron chi connectivity index (χ0n) is 22.2. The first-order valence-corrected chi connectivity index (χ1v) is 12.6. The van der Waals surface area contributed by atoms with E-state index in [0.29, 0.717) is 0 Å². The molecule has 0 unspecified atom stereocenters. The maximum Gasteiger partial charge on any atom is 0.258 e. The molecule has 184 valence electrons. The van der Waals surface area contributed by atoms with Crippen LogP contribution in [0.1, 0.15) is 74.3 Å². The average molecular weight is 469 g/mol. The Bertz CT molecular complexity index is 1180. The van der Waals surface area contributed by atoms with Crippen molar-refractivity contribution < 1.29 is 4.79 Å². The number of rotatable bonds is 9. The highest BCUT2D eigenvalue weighted by Gasteiger charge is 2.30. The largest absolute Gasteiger partial charge is 0.343 e. The molecule has 0 spiro atoms. The van der Waals surface area contributed by atoms with Gasteiger partial charge in [-0.15, -0.1) is 0 Å². The quantitative estimate of drug-likeness (QED) is 0.312. The van der Waals surface area contributed by atoms with Crippen LogP contribution >= 0.6 is 0 Å². The van der Waals surface area contributed by atoms with E-state index in [9.17, 15) is 4.79 Å². The predicted molar refractivity (Wildman–Crippen MR) is 153 cm³/mol. The van der Waals surface area contributed by atoms with Crippen molar-refractivity contribution in [3.63, 3.8) is 0 Å². The number of para-hydroxylation sites is 1. The fourth-order valence-electron chi connectivity index (χ4n) is 4.42. The number of benzene rings is 2. The van der Waals surface area contributed by atoms with Crippen molar-refractivity contribution in [2.75, 3.05) is 5.32 Å². The Kier molecular flexibility index (Phi) is 10.5. The molecule has 0 saturated heterocycles. The fraction of sp³-hybridized carbons (Fsp3) is 0.281. The Morgan fingerprint density at radius 1 is 1.03 bits per heavy atom. The molecule has 1 aromatic heterocycles. The lowest BCUT2D eigenvalue weighted by Crippen LogP contribution is -2.16.